The maximum Gasteiger partial charge on any atom is 0.350 e. The molecule has 4 N–H and O–H groups in total. The van der Waals surface area contributed by atoms with Crippen LogP contribution in [0.3, 0.4) is 0 Å². The van der Waals surface area contributed by atoms with Crippen LogP contribution in [0.1, 0.15) is 34.5 Å². The van der Waals surface area contributed by atoms with E-state index in [9.17, 15) is 19.5 Å². The largest absolute Gasteiger partial charge is 0.480 e. The zero-order valence-electron chi connectivity index (χ0n) is 18.1. The number of anilines is 3. The minimum absolute atomic E-state index is 0.200. The van der Waals surface area contributed by atoms with Crippen LogP contribution in [-0.2, 0) is 20.9 Å². The van der Waals surface area contributed by atoms with Crippen molar-refractivity contribution in [2.75, 3.05) is 17.2 Å². The lowest BCUT2D eigenvalue weighted by Crippen LogP contribution is -2.39. The zero-order valence-corrected chi connectivity index (χ0v) is 18.9. The number of esters is 1. The van der Waals surface area contributed by atoms with E-state index in [1.165, 1.54) is 17.6 Å². The average molecular weight is 473 g/mol. The van der Waals surface area contributed by atoms with Gasteiger partial charge in [0, 0.05) is 11.4 Å². The molecule has 0 unspecified atom stereocenters. The second-order valence-electron chi connectivity index (χ2n) is 6.96. The number of furan rings is 1. The van der Waals surface area contributed by atoms with Gasteiger partial charge < -0.3 is 24.9 Å². The molecule has 33 heavy (non-hydrogen) atoms. The van der Waals surface area contributed by atoms with Crippen LogP contribution in [0, 0.1) is 6.92 Å². The Morgan fingerprint density at radius 1 is 1.18 bits per heavy atom. The van der Waals surface area contributed by atoms with Gasteiger partial charge in [-0.2, -0.15) is 0 Å². The fraction of sp³-hybridized carbons (Fsp3) is 0.273. The number of hydrogen-bond donors (Lipinski definition) is 4. The van der Waals surface area contributed by atoms with Gasteiger partial charge in [0.1, 0.15) is 16.7 Å². The second-order valence-corrected chi connectivity index (χ2v) is 7.96. The van der Waals surface area contributed by atoms with E-state index in [-0.39, 0.29) is 13.0 Å². The molecule has 174 valence electrons. The highest BCUT2D eigenvalue weighted by molar-refractivity contribution is 7.17. The quantitative estimate of drug-likeness (QED) is 0.308. The van der Waals surface area contributed by atoms with Gasteiger partial charge in [0.2, 0.25) is 5.91 Å². The molecule has 0 fully saturated rings. The van der Waals surface area contributed by atoms with Crippen molar-refractivity contribution in [1.29, 1.82) is 0 Å². The van der Waals surface area contributed by atoms with Crippen LogP contribution in [0.4, 0.5) is 16.5 Å². The highest BCUT2D eigenvalue weighted by Gasteiger charge is 2.21. The number of aromatic nitrogens is 1. The summed E-state index contributed by atoms with van der Waals surface area (Å²) >= 11 is 1.19. The lowest BCUT2D eigenvalue weighted by molar-refractivity contribution is -0.141. The van der Waals surface area contributed by atoms with Gasteiger partial charge in [-0.05, 0) is 50.2 Å². The SMILES string of the molecule is CCOC(=O)c1sc(Nc2ccc(NC(=O)C[C@@H](NCc3ccco3)C(=O)O)cc2)nc1C. The third kappa shape index (κ3) is 6.89. The number of nitrogens with one attached hydrogen (secondary N) is 3. The monoisotopic (exact) mass is 472 g/mol. The molecule has 2 heterocycles. The van der Waals surface area contributed by atoms with E-state index in [0.717, 1.165) is 0 Å². The van der Waals surface area contributed by atoms with Gasteiger partial charge in [0.15, 0.2) is 5.13 Å². The summed E-state index contributed by atoms with van der Waals surface area (Å²) in [5.41, 5.74) is 1.81. The summed E-state index contributed by atoms with van der Waals surface area (Å²) in [6, 6.07) is 9.19. The van der Waals surface area contributed by atoms with Gasteiger partial charge in [0.25, 0.3) is 0 Å². The Hall–Kier alpha value is -3.70. The number of nitrogens with zero attached hydrogens (tertiary/aromatic N) is 1. The summed E-state index contributed by atoms with van der Waals surface area (Å²) in [6.45, 7) is 3.97. The van der Waals surface area contributed by atoms with Gasteiger partial charge in [0.05, 0.1) is 31.5 Å². The van der Waals surface area contributed by atoms with Crippen LogP contribution in [0.5, 0.6) is 0 Å². The summed E-state index contributed by atoms with van der Waals surface area (Å²) in [5.74, 6) is -1.40. The number of aryl methyl sites for hydroxylation is 1. The van der Waals surface area contributed by atoms with Crippen molar-refractivity contribution in [3.8, 4) is 0 Å². The predicted octanol–water partition coefficient (Wildman–Crippen LogP) is 3.54. The molecular formula is C22H24N4O6S. The molecule has 0 aliphatic heterocycles. The molecule has 0 saturated heterocycles. The molecule has 2 aromatic heterocycles. The third-order valence-electron chi connectivity index (χ3n) is 4.47. The van der Waals surface area contributed by atoms with Crippen molar-refractivity contribution in [1.82, 2.24) is 10.3 Å². The molecule has 0 spiro atoms. The van der Waals surface area contributed by atoms with E-state index >= 15 is 0 Å². The third-order valence-corrected chi connectivity index (χ3v) is 5.52. The van der Waals surface area contributed by atoms with Crippen LogP contribution in [-0.4, -0.2) is 40.6 Å². The Balaban J connectivity index is 1.54. The molecule has 1 aromatic carbocycles. The second kappa shape index (κ2) is 11.2. The number of ether oxygens (including phenoxy) is 1. The molecule has 10 nitrogen and oxygen atoms in total. The summed E-state index contributed by atoms with van der Waals surface area (Å²) in [5, 5.41) is 18.5. The van der Waals surface area contributed by atoms with Crippen molar-refractivity contribution in [2.45, 2.75) is 32.9 Å². The molecule has 0 aliphatic rings. The summed E-state index contributed by atoms with van der Waals surface area (Å²) in [6.07, 6.45) is 1.25. The first kappa shape index (κ1) is 24.0. The van der Waals surface area contributed by atoms with Crippen molar-refractivity contribution >= 4 is 45.7 Å². The number of thiazole rings is 1. The number of rotatable bonds is 11. The molecule has 0 radical (unpaired) electrons. The first-order valence-electron chi connectivity index (χ1n) is 10.2. The first-order chi connectivity index (χ1) is 15.9. The topological polar surface area (TPSA) is 143 Å². The fourth-order valence-corrected chi connectivity index (χ4v) is 3.76. The number of carboxylic acid groups (broad SMARTS) is 1. The van der Waals surface area contributed by atoms with Crippen molar-refractivity contribution in [2.24, 2.45) is 0 Å². The Labute approximate surface area is 194 Å². The molecule has 3 aromatic rings. The zero-order chi connectivity index (χ0) is 23.8. The van der Waals surface area contributed by atoms with Crippen LogP contribution in [0.25, 0.3) is 0 Å². The molecular weight excluding hydrogens is 448 g/mol. The number of benzene rings is 1. The number of carboxylic acids is 1. The van der Waals surface area contributed by atoms with E-state index in [4.69, 9.17) is 9.15 Å². The minimum atomic E-state index is -1.13. The summed E-state index contributed by atoms with van der Waals surface area (Å²) in [7, 11) is 0. The van der Waals surface area contributed by atoms with Crippen molar-refractivity contribution in [3.05, 3.63) is 59.0 Å². The molecule has 0 saturated carbocycles. The number of carbonyl (C=O) groups is 3. The molecule has 0 aliphatic carbocycles. The Bertz CT molecular complexity index is 1090. The predicted molar refractivity (Wildman–Crippen MR) is 123 cm³/mol. The first-order valence-corrected chi connectivity index (χ1v) is 11.0. The molecule has 3 rings (SSSR count). The smallest absolute Gasteiger partial charge is 0.350 e. The summed E-state index contributed by atoms with van der Waals surface area (Å²) < 4.78 is 10.2. The van der Waals surface area contributed by atoms with Gasteiger partial charge in [-0.1, -0.05) is 11.3 Å². The van der Waals surface area contributed by atoms with Crippen LogP contribution in [0.15, 0.2) is 47.1 Å². The van der Waals surface area contributed by atoms with E-state index < -0.39 is 23.9 Å². The van der Waals surface area contributed by atoms with E-state index in [1.807, 2.05) is 0 Å². The molecule has 1 amide bonds. The number of carbonyl (C=O) groups excluding carboxylic acids is 2. The highest BCUT2D eigenvalue weighted by Crippen LogP contribution is 2.27. The van der Waals surface area contributed by atoms with Crippen LogP contribution < -0.4 is 16.0 Å². The van der Waals surface area contributed by atoms with Crippen molar-refractivity contribution < 1.29 is 28.6 Å². The minimum Gasteiger partial charge on any atom is -0.480 e. The van der Waals surface area contributed by atoms with Gasteiger partial charge in [-0.15, -0.1) is 0 Å². The van der Waals surface area contributed by atoms with Gasteiger partial charge in [-0.3, -0.25) is 14.9 Å². The Morgan fingerprint density at radius 2 is 1.91 bits per heavy atom. The number of hydrogen-bond acceptors (Lipinski definition) is 9. The highest BCUT2D eigenvalue weighted by atomic mass is 32.1. The van der Waals surface area contributed by atoms with E-state index in [0.29, 0.717) is 39.4 Å². The Morgan fingerprint density at radius 3 is 2.55 bits per heavy atom. The van der Waals surface area contributed by atoms with E-state index in [2.05, 4.69) is 20.9 Å². The molecule has 1 atom stereocenters. The summed E-state index contributed by atoms with van der Waals surface area (Å²) in [4.78, 5) is 40.5. The standard InChI is InChI=1S/C22H24N4O6S/c1-3-31-21(30)19-13(2)24-22(33-19)26-15-8-6-14(7-9-15)25-18(27)11-17(20(28)29)23-12-16-5-4-10-32-16/h4-10,17,23H,3,11-12H2,1-2H3,(H,24,26)(H,25,27)(H,28,29)/t17-/m1/s1. The number of aliphatic carboxylic acids is 1. The molecule has 0 bridgehead atoms. The normalized spacial score (nSPS) is 11.6. The van der Waals surface area contributed by atoms with Crippen LogP contribution in [0.2, 0.25) is 0 Å². The lowest BCUT2D eigenvalue weighted by atomic mass is 10.2. The van der Waals surface area contributed by atoms with Crippen LogP contribution >= 0.6 is 11.3 Å². The average Bonchev–Trinajstić information content (AvgIpc) is 3.42. The lowest BCUT2D eigenvalue weighted by Gasteiger charge is -2.14. The Kier molecular flexibility index (Phi) is 8.17. The van der Waals surface area contributed by atoms with Gasteiger partial charge in [-0.25, -0.2) is 9.78 Å². The van der Waals surface area contributed by atoms with Crippen molar-refractivity contribution in [3.63, 3.8) is 0 Å². The number of amides is 1. The fourth-order valence-electron chi connectivity index (χ4n) is 2.88. The maximum atomic E-state index is 12.3. The molecule has 11 heteroatoms. The van der Waals surface area contributed by atoms with E-state index in [1.54, 1.807) is 50.2 Å². The van der Waals surface area contributed by atoms with Gasteiger partial charge >= 0.3 is 11.9 Å². The maximum absolute atomic E-state index is 12.3.